The minimum Gasteiger partial charge on any atom is -0.465 e. The highest BCUT2D eigenvalue weighted by molar-refractivity contribution is 5.89. The third-order valence-electron chi connectivity index (χ3n) is 5.03. The van der Waals surface area contributed by atoms with E-state index >= 15 is 0 Å². The summed E-state index contributed by atoms with van der Waals surface area (Å²) < 4.78 is 4.71. The van der Waals surface area contributed by atoms with Gasteiger partial charge in [0.1, 0.15) is 0 Å². The van der Waals surface area contributed by atoms with Crippen LogP contribution in [-0.2, 0) is 4.74 Å². The maximum Gasteiger partial charge on any atom is 0.337 e. The van der Waals surface area contributed by atoms with Crippen molar-refractivity contribution in [2.75, 3.05) is 7.11 Å². The Morgan fingerprint density at radius 3 is 2.46 bits per heavy atom. The molecule has 0 spiro atoms. The van der Waals surface area contributed by atoms with Crippen LogP contribution in [0.1, 0.15) is 62.9 Å². The zero-order valence-corrected chi connectivity index (χ0v) is 16.6. The zero-order valence-electron chi connectivity index (χ0n) is 16.6. The van der Waals surface area contributed by atoms with E-state index in [1.807, 2.05) is 24.3 Å². The molecule has 0 atom stereocenters. The van der Waals surface area contributed by atoms with Crippen LogP contribution in [0.15, 0.2) is 65.3 Å². The molecule has 26 heavy (non-hydrogen) atoms. The quantitative estimate of drug-likeness (QED) is 0.446. The van der Waals surface area contributed by atoms with E-state index in [2.05, 4.69) is 45.9 Å². The summed E-state index contributed by atoms with van der Waals surface area (Å²) in [4.78, 5) is 11.4. The highest BCUT2D eigenvalue weighted by atomic mass is 16.5. The van der Waals surface area contributed by atoms with Crippen LogP contribution >= 0.6 is 0 Å². The summed E-state index contributed by atoms with van der Waals surface area (Å²) >= 11 is 0. The Hall–Kier alpha value is -2.35. The van der Waals surface area contributed by atoms with Gasteiger partial charge in [0.2, 0.25) is 0 Å². The van der Waals surface area contributed by atoms with Crippen LogP contribution in [-0.4, -0.2) is 13.1 Å². The molecule has 0 heterocycles. The predicted molar refractivity (Wildman–Crippen MR) is 110 cm³/mol. The molecular formula is C24H30O2. The Kier molecular flexibility index (Phi) is 6.79. The molecule has 0 radical (unpaired) electrons. The molecular weight excluding hydrogens is 320 g/mol. The molecule has 1 aliphatic rings. The van der Waals surface area contributed by atoms with E-state index in [1.54, 1.807) is 12.1 Å². The first-order chi connectivity index (χ1) is 12.3. The van der Waals surface area contributed by atoms with E-state index in [-0.39, 0.29) is 11.4 Å². The number of methoxy groups -OCH3 is 1. The Morgan fingerprint density at radius 1 is 1.15 bits per heavy atom. The normalized spacial score (nSPS) is 18.0. The van der Waals surface area contributed by atoms with Crippen molar-refractivity contribution in [3.05, 3.63) is 76.4 Å². The standard InChI is InChI=1S/C24H30O2/c1-18(11-16-22-19(2)9-7-17-24(22,3)4)8-6-10-20-12-14-21(15-13-20)23(25)26-5/h6,8,10-16H,7,9,17H2,1-5H3/b10-6-,16-11+,18-8+. The summed E-state index contributed by atoms with van der Waals surface area (Å²) in [5, 5.41) is 0. The van der Waals surface area contributed by atoms with Crippen molar-refractivity contribution in [1.29, 1.82) is 0 Å². The predicted octanol–water partition coefficient (Wildman–Crippen LogP) is 6.52. The first-order valence-corrected chi connectivity index (χ1v) is 9.25. The number of esters is 1. The van der Waals surface area contributed by atoms with Crippen molar-refractivity contribution in [2.24, 2.45) is 5.41 Å². The van der Waals surface area contributed by atoms with Crippen molar-refractivity contribution in [3.8, 4) is 0 Å². The molecule has 138 valence electrons. The van der Waals surface area contributed by atoms with Crippen LogP contribution < -0.4 is 0 Å². The van der Waals surface area contributed by atoms with Gasteiger partial charge in [0.25, 0.3) is 0 Å². The van der Waals surface area contributed by atoms with Gasteiger partial charge in [-0.3, -0.25) is 0 Å². The van der Waals surface area contributed by atoms with E-state index in [1.165, 1.54) is 43.1 Å². The monoisotopic (exact) mass is 350 g/mol. The maximum absolute atomic E-state index is 11.4. The Balaban J connectivity index is 2.03. The van der Waals surface area contributed by atoms with E-state index in [0.717, 1.165) is 5.56 Å². The average molecular weight is 351 g/mol. The fourth-order valence-electron chi connectivity index (χ4n) is 3.44. The Labute approximate surface area is 158 Å². The minimum absolute atomic E-state index is 0.274. The van der Waals surface area contributed by atoms with E-state index in [9.17, 15) is 4.79 Å². The second kappa shape index (κ2) is 8.84. The molecule has 0 fully saturated rings. The molecule has 0 N–H and O–H groups in total. The number of ether oxygens (including phenoxy) is 1. The van der Waals surface area contributed by atoms with Crippen LogP contribution in [0, 0.1) is 5.41 Å². The summed E-state index contributed by atoms with van der Waals surface area (Å²) in [6.07, 6.45) is 14.4. The molecule has 0 amide bonds. The van der Waals surface area contributed by atoms with Gasteiger partial charge in [0.05, 0.1) is 12.7 Å². The van der Waals surface area contributed by atoms with Crippen LogP contribution in [0.3, 0.4) is 0 Å². The fraction of sp³-hybridized carbons (Fsp3) is 0.375. The highest BCUT2D eigenvalue weighted by Crippen LogP contribution is 2.40. The highest BCUT2D eigenvalue weighted by Gasteiger charge is 2.26. The first-order valence-electron chi connectivity index (χ1n) is 9.25. The lowest BCUT2D eigenvalue weighted by atomic mass is 9.72. The lowest BCUT2D eigenvalue weighted by molar-refractivity contribution is 0.0600. The summed E-state index contributed by atoms with van der Waals surface area (Å²) in [7, 11) is 1.39. The summed E-state index contributed by atoms with van der Waals surface area (Å²) in [6, 6.07) is 7.39. The van der Waals surface area contributed by atoms with Crippen LogP contribution in [0.25, 0.3) is 6.08 Å². The lowest BCUT2D eigenvalue weighted by Crippen LogP contribution is -2.19. The number of carbonyl (C=O) groups excluding carboxylic acids is 1. The number of allylic oxidation sites excluding steroid dienone is 7. The van der Waals surface area contributed by atoms with Gasteiger partial charge >= 0.3 is 5.97 Å². The Bertz CT molecular complexity index is 756. The maximum atomic E-state index is 11.4. The Morgan fingerprint density at radius 2 is 1.85 bits per heavy atom. The van der Waals surface area contributed by atoms with Crippen molar-refractivity contribution in [1.82, 2.24) is 0 Å². The van der Waals surface area contributed by atoms with Gasteiger partial charge < -0.3 is 4.74 Å². The molecule has 1 aromatic carbocycles. The number of carbonyl (C=O) groups is 1. The van der Waals surface area contributed by atoms with Gasteiger partial charge in [-0.1, -0.05) is 67.5 Å². The van der Waals surface area contributed by atoms with E-state index in [4.69, 9.17) is 4.74 Å². The zero-order chi connectivity index (χ0) is 19.2. The fourth-order valence-corrected chi connectivity index (χ4v) is 3.44. The molecule has 0 aromatic heterocycles. The second-order valence-corrected chi connectivity index (χ2v) is 7.65. The number of benzene rings is 1. The number of rotatable bonds is 5. The van der Waals surface area contributed by atoms with Crippen LogP contribution in [0.4, 0.5) is 0 Å². The van der Waals surface area contributed by atoms with Crippen molar-refractivity contribution >= 4 is 12.0 Å². The summed E-state index contributed by atoms with van der Waals surface area (Å²) in [6.45, 7) is 9.06. The van der Waals surface area contributed by atoms with E-state index in [0.29, 0.717) is 5.56 Å². The van der Waals surface area contributed by atoms with E-state index < -0.39 is 0 Å². The van der Waals surface area contributed by atoms with Crippen molar-refractivity contribution < 1.29 is 9.53 Å². The molecule has 1 aromatic rings. The van der Waals surface area contributed by atoms with Gasteiger partial charge in [-0.15, -0.1) is 0 Å². The topological polar surface area (TPSA) is 26.3 Å². The van der Waals surface area contributed by atoms with Gasteiger partial charge in [0, 0.05) is 0 Å². The summed E-state index contributed by atoms with van der Waals surface area (Å²) in [5.41, 5.74) is 6.12. The molecule has 0 bridgehead atoms. The molecule has 0 unspecified atom stereocenters. The lowest BCUT2D eigenvalue weighted by Gasteiger charge is -2.32. The van der Waals surface area contributed by atoms with Crippen molar-refractivity contribution in [3.63, 3.8) is 0 Å². The SMILES string of the molecule is COC(=O)c1ccc(\C=C/C=C(C)/C=C/C2=C(C)CCCC2(C)C)cc1. The number of hydrogen-bond donors (Lipinski definition) is 0. The molecule has 2 nitrogen and oxygen atoms in total. The largest absolute Gasteiger partial charge is 0.465 e. The first kappa shape index (κ1) is 20.0. The molecule has 2 rings (SSSR count). The third-order valence-corrected chi connectivity index (χ3v) is 5.03. The minimum atomic E-state index is -0.309. The summed E-state index contributed by atoms with van der Waals surface area (Å²) in [5.74, 6) is -0.309. The second-order valence-electron chi connectivity index (χ2n) is 7.65. The molecule has 0 saturated carbocycles. The molecule has 0 saturated heterocycles. The van der Waals surface area contributed by atoms with Gasteiger partial charge in [0.15, 0.2) is 0 Å². The average Bonchev–Trinajstić information content (AvgIpc) is 2.60. The van der Waals surface area contributed by atoms with Gasteiger partial charge in [-0.2, -0.15) is 0 Å². The molecule has 0 aliphatic heterocycles. The van der Waals surface area contributed by atoms with Crippen LogP contribution in [0.5, 0.6) is 0 Å². The number of hydrogen-bond acceptors (Lipinski definition) is 2. The third kappa shape index (κ3) is 5.32. The van der Waals surface area contributed by atoms with Gasteiger partial charge in [-0.25, -0.2) is 4.79 Å². The molecule has 2 heteroatoms. The van der Waals surface area contributed by atoms with Crippen molar-refractivity contribution in [2.45, 2.75) is 47.0 Å². The van der Waals surface area contributed by atoms with Crippen LogP contribution in [0.2, 0.25) is 0 Å². The van der Waals surface area contributed by atoms with Gasteiger partial charge in [-0.05, 0) is 61.8 Å². The molecule has 1 aliphatic carbocycles. The smallest absolute Gasteiger partial charge is 0.337 e.